The van der Waals surface area contributed by atoms with E-state index in [1.807, 2.05) is 44.2 Å². The van der Waals surface area contributed by atoms with Gasteiger partial charge in [-0.1, -0.05) is 43.3 Å². The van der Waals surface area contributed by atoms with Gasteiger partial charge in [-0.15, -0.1) is 0 Å². The number of hydrogen-bond donors (Lipinski definition) is 3. The maximum Gasteiger partial charge on any atom is 0.191 e. The Labute approximate surface area is 159 Å². The zero-order chi connectivity index (χ0) is 19.6. The molecule has 2 aromatic rings. The molecule has 6 heteroatoms. The molecule has 146 valence electrons. The van der Waals surface area contributed by atoms with Crippen LogP contribution in [-0.4, -0.2) is 37.3 Å². The third kappa shape index (κ3) is 6.32. The van der Waals surface area contributed by atoms with Crippen LogP contribution in [-0.2, 0) is 0 Å². The largest absolute Gasteiger partial charge is 0.396 e. The number of benzene rings is 2. The normalized spacial score (nSPS) is 13.9. The van der Waals surface area contributed by atoms with E-state index in [-0.39, 0.29) is 18.4 Å². The summed E-state index contributed by atoms with van der Waals surface area (Å²) < 4.78 is 27.0. The summed E-state index contributed by atoms with van der Waals surface area (Å²) in [6, 6.07) is 13.4. The molecule has 4 nitrogen and oxygen atoms in total. The summed E-state index contributed by atoms with van der Waals surface area (Å²) in [6.45, 7) is 5.39. The fraction of sp³-hybridized carbons (Fsp3) is 0.381. The second-order valence-electron chi connectivity index (χ2n) is 6.46. The summed E-state index contributed by atoms with van der Waals surface area (Å²) >= 11 is 0. The number of halogens is 2. The summed E-state index contributed by atoms with van der Waals surface area (Å²) in [7, 11) is 0. The Morgan fingerprint density at radius 2 is 1.85 bits per heavy atom. The summed E-state index contributed by atoms with van der Waals surface area (Å²) in [5.74, 6) is -0.787. The third-order valence-corrected chi connectivity index (χ3v) is 4.37. The van der Waals surface area contributed by atoms with E-state index >= 15 is 0 Å². The molecule has 0 aliphatic rings. The predicted octanol–water partition coefficient (Wildman–Crippen LogP) is 3.40. The standard InChI is InChI=1S/C21H27F2N3O/c1-3-24-21(26-13-17(14-27)16-7-5-4-6-8-16)25-12-15(2)19-10-9-18(22)11-20(19)23/h4-11,15,17,27H,3,12-14H2,1-2H3,(H2,24,25,26). The molecule has 0 bridgehead atoms. The maximum absolute atomic E-state index is 13.9. The molecule has 0 saturated heterocycles. The minimum Gasteiger partial charge on any atom is -0.396 e. The SMILES string of the molecule is CCNC(=NCC(C)c1ccc(F)cc1F)NCC(CO)c1ccccc1. The fourth-order valence-electron chi connectivity index (χ4n) is 2.80. The van der Waals surface area contributed by atoms with Crippen molar-refractivity contribution in [3.05, 3.63) is 71.3 Å². The molecule has 2 atom stereocenters. The Balaban J connectivity index is 2.00. The number of hydrogen-bond acceptors (Lipinski definition) is 2. The number of guanidine groups is 1. The lowest BCUT2D eigenvalue weighted by Crippen LogP contribution is -2.40. The van der Waals surface area contributed by atoms with Gasteiger partial charge >= 0.3 is 0 Å². The van der Waals surface area contributed by atoms with Crippen LogP contribution in [0.2, 0.25) is 0 Å². The van der Waals surface area contributed by atoms with Gasteiger partial charge in [0, 0.05) is 37.5 Å². The molecule has 0 fully saturated rings. The third-order valence-electron chi connectivity index (χ3n) is 4.37. The van der Waals surface area contributed by atoms with Gasteiger partial charge in [-0.3, -0.25) is 4.99 Å². The second-order valence-corrected chi connectivity index (χ2v) is 6.46. The molecule has 27 heavy (non-hydrogen) atoms. The van der Waals surface area contributed by atoms with E-state index in [9.17, 15) is 13.9 Å². The van der Waals surface area contributed by atoms with Gasteiger partial charge < -0.3 is 15.7 Å². The smallest absolute Gasteiger partial charge is 0.191 e. The van der Waals surface area contributed by atoms with Crippen molar-refractivity contribution in [1.29, 1.82) is 0 Å². The van der Waals surface area contributed by atoms with Gasteiger partial charge in [-0.25, -0.2) is 8.78 Å². The Bertz CT molecular complexity index is 737. The zero-order valence-electron chi connectivity index (χ0n) is 15.8. The monoisotopic (exact) mass is 375 g/mol. The molecular weight excluding hydrogens is 348 g/mol. The minimum atomic E-state index is -0.585. The Morgan fingerprint density at radius 3 is 2.48 bits per heavy atom. The van der Waals surface area contributed by atoms with E-state index in [1.165, 1.54) is 12.1 Å². The number of aliphatic imine (C=N–C) groups is 1. The van der Waals surface area contributed by atoms with Crippen LogP contribution >= 0.6 is 0 Å². The van der Waals surface area contributed by atoms with Crippen molar-refractivity contribution < 1.29 is 13.9 Å². The first-order valence-electron chi connectivity index (χ1n) is 9.18. The van der Waals surface area contributed by atoms with Gasteiger partial charge in [0.05, 0.1) is 6.61 Å². The van der Waals surface area contributed by atoms with Crippen molar-refractivity contribution in [3.8, 4) is 0 Å². The van der Waals surface area contributed by atoms with Crippen molar-refractivity contribution >= 4 is 5.96 Å². The van der Waals surface area contributed by atoms with Crippen LogP contribution in [0.1, 0.15) is 36.8 Å². The highest BCUT2D eigenvalue weighted by molar-refractivity contribution is 5.79. The number of nitrogens with one attached hydrogen (secondary N) is 2. The first-order chi connectivity index (χ1) is 13.0. The van der Waals surface area contributed by atoms with Crippen LogP contribution in [0.5, 0.6) is 0 Å². The number of nitrogens with zero attached hydrogens (tertiary/aromatic N) is 1. The molecule has 0 spiro atoms. The summed E-state index contributed by atoms with van der Waals surface area (Å²) in [5.41, 5.74) is 1.48. The Morgan fingerprint density at radius 1 is 1.11 bits per heavy atom. The zero-order valence-corrected chi connectivity index (χ0v) is 15.8. The quantitative estimate of drug-likeness (QED) is 0.490. The highest BCUT2D eigenvalue weighted by Gasteiger charge is 2.13. The number of aliphatic hydroxyl groups excluding tert-OH is 1. The predicted molar refractivity (Wildman–Crippen MR) is 105 cm³/mol. The summed E-state index contributed by atoms with van der Waals surface area (Å²) in [5, 5.41) is 16.0. The molecule has 0 aromatic heterocycles. The lowest BCUT2D eigenvalue weighted by atomic mass is 10.0. The minimum absolute atomic E-state index is 0.0214. The second kappa shape index (κ2) is 10.6. The molecule has 0 radical (unpaired) electrons. The van der Waals surface area contributed by atoms with E-state index in [4.69, 9.17) is 0 Å². The van der Waals surface area contributed by atoms with Gasteiger partial charge in [-0.2, -0.15) is 0 Å². The molecule has 2 unspecified atom stereocenters. The molecule has 3 N–H and O–H groups in total. The van der Waals surface area contributed by atoms with Crippen molar-refractivity contribution in [2.24, 2.45) is 4.99 Å². The molecule has 0 heterocycles. The topological polar surface area (TPSA) is 56.7 Å². The van der Waals surface area contributed by atoms with Crippen LogP contribution in [0.4, 0.5) is 8.78 Å². The average Bonchev–Trinajstić information content (AvgIpc) is 2.67. The van der Waals surface area contributed by atoms with Gasteiger partial charge in [0.25, 0.3) is 0 Å². The molecule has 2 aromatic carbocycles. The van der Waals surface area contributed by atoms with E-state index in [0.29, 0.717) is 31.2 Å². The number of aliphatic hydroxyl groups is 1. The van der Waals surface area contributed by atoms with Crippen molar-refractivity contribution in [2.75, 3.05) is 26.2 Å². The van der Waals surface area contributed by atoms with E-state index in [0.717, 1.165) is 11.6 Å². The maximum atomic E-state index is 13.9. The summed E-state index contributed by atoms with van der Waals surface area (Å²) in [6.07, 6.45) is 0. The lowest BCUT2D eigenvalue weighted by Gasteiger charge is -2.18. The van der Waals surface area contributed by atoms with Crippen LogP contribution in [0, 0.1) is 11.6 Å². The summed E-state index contributed by atoms with van der Waals surface area (Å²) in [4.78, 5) is 4.51. The van der Waals surface area contributed by atoms with Gasteiger partial charge in [0.15, 0.2) is 5.96 Å². The van der Waals surface area contributed by atoms with Crippen molar-refractivity contribution in [1.82, 2.24) is 10.6 Å². The molecule has 0 saturated carbocycles. The van der Waals surface area contributed by atoms with Crippen LogP contribution < -0.4 is 10.6 Å². The number of rotatable bonds is 8. The van der Waals surface area contributed by atoms with Crippen molar-refractivity contribution in [2.45, 2.75) is 25.7 Å². The fourth-order valence-corrected chi connectivity index (χ4v) is 2.80. The first kappa shape index (κ1) is 20.8. The molecule has 2 rings (SSSR count). The highest BCUT2D eigenvalue weighted by Crippen LogP contribution is 2.20. The highest BCUT2D eigenvalue weighted by atomic mass is 19.1. The Kier molecular flexibility index (Phi) is 8.20. The van der Waals surface area contributed by atoms with E-state index in [1.54, 1.807) is 0 Å². The van der Waals surface area contributed by atoms with Gasteiger partial charge in [-0.05, 0) is 24.1 Å². The van der Waals surface area contributed by atoms with E-state index in [2.05, 4.69) is 15.6 Å². The lowest BCUT2D eigenvalue weighted by molar-refractivity contribution is 0.265. The van der Waals surface area contributed by atoms with Crippen LogP contribution in [0.25, 0.3) is 0 Å². The Hall–Kier alpha value is -2.47. The van der Waals surface area contributed by atoms with Gasteiger partial charge in [0.2, 0.25) is 0 Å². The molecule has 0 aliphatic heterocycles. The molecule has 0 aliphatic carbocycles. The van der Waals surface area contributed by atoms with E-state index < -0.39 is 11.6 Å². The average molecular weight is 375 g/mol. The van der Waals surface area contributed by atoms with Crippen molar-refractivity contribution in [3.63, 3.8) is 0 Å². The molecule has 0 amide bonds. The van der Waals surface area contributed by atoms with Crippen LogP contribution in [0.3, 0.4) is 0 Å². The first-order valence-corrected chi connectivity index (χ1v) is 9.18. The molecular formula is C21H27F2N3O. The van der Waals surface area contributed by atoms with Crippen LogP contribution in [0.15, 0.2) is 53.5 Å². The van der Waals surface area contributed by atoms with Gasteiger partial charge in [0.1, 0.15) is 11.6 Å².